The highest BCUT2D eigenvalue weighted by molar-refractivity contribution is 5.95. The smallest absolute Gasteiger partial charge is 0.253 e. The van der Waals surface area contributed by atoms with Crippen LogP contribution < -0.4 is 5.32 Å². The van der Waals surface area contributed by atoms with Crippen LogP contribution in [0, 0.1) is 13.8 Å². The summed E-state index contributed by atoms with van der Waals surface area (Å²) in [5.41, 5.74) is 5.09. The van der Waals surface area contributed by atoms with Gasteiger partial charge in [-0.25, -0.2) is 4.68 Å². The number of amides is 1. The summed E-state index contributed by atoms with van der Waals surface area (Å²) in [5, 5.41) is 7.42. The second-order valence-corrected chi connectivity index (χ2v) is 7.71. The average Bonchev–Trinajstić information content (AvgIpc) is 3.35. The molecule has 5 heteroatoms. The van der Waals surface area contributed by atoms with E-state index in [0.29, 0.717) is 12.6 Å². The van der Waals surface area contributed by atoms with E-state index in [9.17, 15) is 4.79 Å². The molecule has 0 radical (unpaired) electrons. The lowest BCUT2D eigenvalue weighted by molar-refractivity contribution is 0.0950. The highest BCUT2D eigenvalue weighted by Gasteiger charge is 2.22. The zero-order valence-electron chi connectivity index (χ0n) is 16.7. The quantitative estimate of drug-likeness (QED) is 0.700. The van der Waals surface area contributed by atoms with Gasteiger partial charge in [0.1, 0.15) is 0 Å². The molecule has 5 nitrogen and oxygen atoms in total. The Kier molecular flexibility index (Phi) is 5.33. The molecule has 1 aromatic carbocycles. The Morgan fingerprint density at radius 2 is 1.93 bits per heavy atom. The molecule has 1 fully saturated rings. The Bertz CT molecular complexity index is 949. The van der Waals surface area contributed by atoms with Crippen LogP contribution in [0.1, 0.15) is 65.5 Å². The van der Waals surface area contributed by atoms with Gasteiger partial charge in [-0.05, 0) is 50.5 Å². The van der Waals surface area contributed by atoms with Gasteiger partial charge < -0.3 is 9.88 Å². The van der Waals surface area contributed by atoms with Crippen LogP contribution in [0.25, 0.3) is 5.69 Å². The summed E-state index contributed by atoms with van der Waals surface area (Å²) < 4.78 is 4.21. The third-order valence-electron chi connectivity index (χ3n) is 5.85. The molecule has 4 rings (SSSR count). The minimum absolute atomic E-state index is 0.00886. The van der Waals surface area contributed by atoms with Crippen molar-refractivity contribution in [2.45, 2.75) is 58.5 Å². The summed E-state index contributed by atoms with van der Waals surface area (Å²) >= 11 is 0. The molecule has 3 aromatic rings. The normalized spacial score (nSPS) is 14.9. The van der Waals surface area contributed by atoms with E-state index in [1.807, 2.05) is 47.3 Å². The van der Waals surface area contributed by atoms with Crippen LogP contribution in [0.3, 0.4) is 0 Å². The molecule has 146 valence electrons. The summed E-state index contributed by atoms with van der Waals surface area (Å²) in [4.78, 5) is 12.9. The van der Waals surface area contributed by atoms with Gasteiger partial charge in [0, 0.05) is 36.4 Å². The summed E-state index contributed by atoms with van der Waals surface area (Å²) in [5.74, 6) is -0.00886. The van der Waals surface area contributed by atoms with Crippen LogP contribution in [0.5, 0.6) is 0 Å². The molecule has 1 aliphatic rings. The molecule has 28 heavy (non-hydrogen) atoms. The van der Waals surface area contributed by atoms with Crippen molar-refractivity contribution in [3.63, 3.8) is 0 Å². The van der Waals surface area contributed by atoms with Crippen LogP contribution in [-0.2, 0) is 6.54 Å². The van der Waals surface area contributed by atoms with Crippen molar-refractivity contribution in [2.75, 3.05) is 0 Å². The molecule has 0 aliphatic heterocycles. The Balaban J connectivity index is 1.51. The number of aromatic nitrogens is 3. The topological polar surface area (TPSA) is 51.9 Å². The van der Waals surface area contributed by atoms with Crippen LogP contribution in [0.2, 0.25) is 0 Å². The van der Waals surface area contributed by atoms with Crippen LogP contribution >= 0.6 is 0 Å². The maximum Gasteiger partial charge on any atom is 0.253 e. The molecule has 0 saturated heterocycles. The summed E-state index contributed by atoms with van der Waals surface area (Å²) in [6.07, 6.45) is 10.0. The fourth-order valence-electron chi connectivity index (χ4n) is 4.47. The van der Waals surface area contributed by atoms with Crippen molar-refractivity contribution in [3.05, 3.63) is 71.3 Å². The zero-order chi connectivity index (χ0) is 19.5. The van der Waals surface area contributed by atoms with Crippen molar-refractivity contribution in [1.82, 2.24) is 19.7 Å². The lowest BCUT2D eigenvalue weighted by atomic mass is 9.95. The third kappa shape index (κ3) is 3.61. The predicted octanol–water partition coefficient (Wildman–Crippen LogP) is 4.73. The fraction of sp³-hybridized carbons (Fsp3) is 0.391. The molecule has 1 amide bonds. The first-order valence-electron chi connectivity index (χ1n) is 10.2. The fourth-order valence-corrected chi connectivity index (χ4v) is 4.47. The van der Waals surface area contributed by atoms with E-state index in [-0.39, 0.29) is 5.91 Å². The van der Waals surface area contributed by atoms with Gasteiger partial charge in [0.05, 0.1) is 11.3 Å². The summed E-state index contributed by atoms with van der Waals surface area (Å²) in [7, 11) is 0. The lowest BCUT2D eigenvalue weighted by Crippen LogP contribution is -2.24. The van der Waals surface area contributed by atoms with Gasteiger partial charge in [0.15, 0.2) is 0 Å². The maximum absolute atomic E-state index is 12.9. The second kappa shape index (κ2) is 8.05. The zero-order valence-corrected chi connectivity index (χ0v) is 16.7. The number of hydrogen-bond acceptors (Lipinski definition) is 2. The molecular formula is C23H28N4O. The Morgan fingerprint density at radius 1 is 1.14 bits per heavy atom. The SMILES string of the molecule is Cc1cc(C(=O)NCc2ccccc2-n2cccn2)c(C)n1C1CCCCC1. The maximum atomic E-state index is 12.9. The van der Waals surface area contributed by atoms with E-state index in [4.69, 9.17) is 0 Å². The molecule has 0 spiro atoms. The van der Waals surface area contributed by atoms with Gasteiger partial charge >= 0.3 is 0 Å². The molecular weight excluding hydrogens is 348 g/mol. The molecule has 2 aromatic heterocycles. The number of nitrogens with one attached hydrogen (secondary N) is 1. The van der Waals surface area contributed by atoms with E-state index >= 15 is 0 Å². The number of para-hydroxylation sites is 1. The minimum Gasteiger partial charge on any atom is -0.348 e. The number of hydrogen-bond donors (Lipinski definition) is 1. The van der Waals surface area contributed by atoms with E-state index in [1.54, 1.807) is 6.20 Å². The first-order valence-corrected chi connectivity index (χ1v) is 10.2. The Hall–Kier alpha value is -2.82. The molecule has 1 N–H and O–H groups in total. The van der Waals surface area contributed by atoms with Crippen molar-refractivity contribution in [1.29, 1.82) is 0 Å². The number of benzene rings is 1. The number of aryl methyl sites for hydroxylation is 1. The highest BCUT2D eigenvalue weighted by Crippen LogP contribution is 2.32. The first kappa shape index (κ1) is 18.5. The van der Waals surface area contributed by atoms with E-state index in [0.717, 1.165) is 22.5 Å². The Morgan fingerprint density at radius 3 is 2.68 bits per heavy atom. The van der Waals surface area contributed by atoms with Crippen LogP contribution in [0.4, 0.5) is 0 Å². The largest absolute Gasteiger partial charge is 0.348 e. The average molecular weight is 377 g/mol. The van der Waals surface area contributed by atoms with E-state index in [1.165, 1.54) is 37.8 Å². The first-order chi connectivity index (χ1) is 13.6. The molecule has 1 saturated carbocycles. The van der Waals surface area contributed by atoms with Crippen LogP contribution in [0.15, 0.2) is 48.8 Å². The third-order valence-corrected chi connectivity index (χ3v) is 5.85. The summed E-state index contributed by atoms with van der Waals surface area (Å²) in [6, 6.07) is 12.5. The molecule has 0 unspecified atom stereocenters. The second-order valence-electron chi connectivity index (χ2n) is 7.71. The molecule has 2 heterocycles. The number of nitrogens with zero attached hydrogens (tertiary/aromatic N) is 3. The van der Waals surface area contributed by atoms with Crippen molar-refractivity contribution in [2.24, 2.45) is 0 Å². The number of carbonyl (C=O) groups excluding carboxylic acids is 1. The highest BCUT2D eigenvalue weighted by atomic mass is 16.1. The van der Waals surface area contributed by atoms with Crippen LogP contribution in [-0.4, -0.2) is 20.3 Å². The van der Waals surface area contributed by atoms with Gasteiger partial charge in [-0.3, -0.25) is 4.79 Å². The lowest BCUT2D eigenvalue weighted by Gasteiger charge is -2.26. The van der Waals surface area contributed by atoms with Gasteiger partial charge in [0.2, 0.25) is 0 Å². The standard InChI is InChI=1S/C23H28N4O/c1-17-15-21(18(2)27(17)20-10-4-3-5-11-20)23(28)24-16-19-9-6-7-12-22(19)26-14-8-13-25-26/h6-9,12-15,20H,3-5,10-11,16H2,1-2H3,(H,24,28). The molecule has 0 atom stereocenters. The van der Waals surface area contributed by atoms with Gasteiger partial charge in [-0.1, -0.05) is 37.5 Å². The number of carbonyl (C=O) groups is 1. The van der Waals surface area contributed by atoms with Crippen molar-refractivity contribution in [3.8, 4) is 5.69 Å². The molecule has 1 aliphatic carbocycles. The van der Waals surface area contributed by atoms with Gasteiger partial charge in [-0.15, -0.1) is 0 Å². The van der Waals surface area contributed by atoms with E-state index < -0.39 is 0 Å². The van der Waals surface area contributed by atoms with Gasteiger partial charge in [-0.2, -0.15) is 5.10 Å². The predicted molar refractivity (Wildman–Crippen MR) is 111 cm³/mol. The van der Waals surface area contributed by atoms with Crippen molar-refractivity contribution < 1.29 is 4.79 Å². The number of rotatable bonds is 5. The van der Waals surface area contributed by atoms with Gasteiger partial charge in [0.25, 0.3) is 5.91 Å². The van der Waals surface area contributed by atoms with E-state index in [2.05, 4.69) is 28.8 Å². The minimum atomic E-state index is -0.00886. The van der Waals surface area contributed by atoms with Crippen molar-refractivity contribution >= 4 is 5.91 Å². The molecule has 0 bridgehead atoms. The monoisotopic (exact) mass is 376 g/mol. The Labute approximate surface area is 166 Å². The summed E-state index contributed by atoms with van der Waals surface area (Å²) in [6.45, 7) is 4.67.